The van der Waals surface area contributed by atoms with E-state index in [0.29, 0.717) is 18.2 Å². The molecule has 16 heavy (non-hydrogen) atoms. The number of alkyl halides is 3. The molecule has 1 aromatic rings. The van der Waals surface area contributed by atoms with Crippen LogP contribution in [-0.4, -0.2) is 13.3 Å². The van der Waals surface area contributed by atoms with Crippen molar-refractivity contribution in [3.8, 4) is 5.75 Å². The van der Waals surface area contributed by atoms with Crippen LogP contribution >= 0.6 is 0 Å². The summed E-state index contributed by atoms with van der Waals surface area (Å²) < 4.78 is 57.8. The van der Waals surface area contributed by atoms with Crippen LogP contribution in [0, 0.1) is 5.82 Å². The summed E-state index contributed by atoms with van der Waals surface area (Å²) >= 11 is 0. The molecule has 0 spiro atoms. The van der Waals surface area contributed by atoms with Gasteiger partial charge >= 0.3 is 12.3 Å². The molecule has 0 aliphatic rings. The van der Waals surface area contributed by atoms with E-state index in [-0.39, 0.29) is 0 Å². The maximum absolute atomic E-state index is 13.0. The third-order valence-corrected chi connectivity index (χ3v) is 1.62. The first-order chi connectivity index (χ1) is 7.34. The fraction of sp³-hybridized carbons (Fsp3) is 0.222. The van der Waals surface area contributed by atoms with Gasteiger partial charge in [-0.05, 0) is 18.2 Å². The molecule has 1 aromatic carbocycles. The Hall–Kier alpha value is -1.79. The second kappa shape index (κ2) is 4.38. The summed E-state index contributed by atoms with van der Waals surface area (Å²) in [7, 11) is 0.952. The molecule has 0 bridgehead atoms. The van der Waals surface area contributed by atoms with Crippen molar-refractivity contribution in [2.24, 2.45) is 0 Å². The minimum Gasteiger partial charge on any atom is -0.437 e. The fourth-order valence-electron chi connectivity index (χ4n) is 0.889. The SMILES string of the molecule is COC(=O)Oc1cc(C(F)(F)F)ccc1F. The van der Waals surface area contributed by atoms with Crippen LogP contribution < -0.4 is 4.74 Å². The Kier molecular flexibility index (Phi) is 3.36. The molecule has 0 aliphatic carbocycles. The first-order valence-corrected chi connectivity index (χ1v) is 3.97. The monoisotopic (exact) mass is 238 g/mol. The van der Waals surface area contributed by atoms with Crippen LogP contribution in [0.3, 0.4) is 0 Å². The largest absolute Gasteiger partial charge is 0.513 e. The molecular weight excluding hydrogens is 232 g/mol. The van der Waals surface area contributed by atoms with Gasteiger partial charge in [0.1, 0.15) is 0 Å². The van der Waals surface area contributed by atoms with Crippen LogP contribution in [0.15, 0.2) is 18.2 Å². The van der Waals surface area contributed by atoms with Gasteiger partial charge in [-0.1, -0.05) is 0 Å². The minimum atomic E-state index is -4.64. The first-order valence-electron chi connectivity index (χ1n) is 3.97. The molecule has 88 valence electrons. The summed E-state index contributed by atoms with van der Waals surface area (Å²) in [6, 6.07) is 1.48. The zero-order valence-corrected chi connectivity index (χ0v) is 7.97. The maximum atomic E-state index is 13.0. The number of ether oxygens (including phenoxy) is 2. The van der Waals surface area contributed by atoms with Gasteiger partial charge in [-0.2, -0.15) is 13.2 Å². The average Bonchev–Trinajstić information content (AvgIpc) is 2.19. The standard InChI is InChI=1S/C9H6F4O3/c1-15-8(14)16-7-4-5(9(11,12)13)2-3-6(7)10/h2-4H,1H3. The third kappa shape index (κ3) is 2.85. The summed E-state index contributed by atoms with van der Waals surface area (Å²) in [4.78, 5) is 10.6. The first kappa shape index (κ1) is 12.3. The molecule has 7 heteroatoms. The van der Waals surface area contributed by atoms with Gasteiger partial charge in [0.2, 0.25) is 0 Å². The highest BCUT2D eigenvalue weighted by atomic mass is 19.4. The lowest BCUT2D eigenvalue weighted by Crippen LogP contribution is -2.10. The van der Waals surface area contributed by atoms with E-state index in [1.165, 1.54) is 0 Å². The number of hydrogen-bond acceptors (Lipinski definition) is 3. The van der Waals surface area contributed by atoms with E-state index in [1.54, 1.807) is 0 Å². The highest BCUT2D eigenvalue weighted by Gasteiger charge is 2.31. The quantitative estimate of drug-likeness (QED) is 0.428. The normalized spacial score (nSPS) is 11.1. The van der Waals surface area contributed by atoms with Gasteiger partial charge in [0.05, 0.1) is 12.7 Å². The molecule has 0 atom stereocenters. The predicted molar refractivity (Wildman–Crippen MR) is 44.4 cm³/mol. The average molecular weight is 238 g/mol. The lowest BCUT2D eigenvalue weighted by atomic mass is 10.2. The summed E-state index contributed by atoms with van der Waals surface area (Å²) in [6.45, 7) is 0. The third-order valence-electron chi connectivity index (χ3n) is 1.62. The Morgan fingerprint density at radius 3 is 2.44 bits per heavy atom. The Morgan fingerprint density at radius 2 is 1.94 bits per heavy atom. The molecule has 0 saturated heterocycles. The number of methoxy groups -OCH3 is 1. The Bertz CT molecular complexity index is 400. The molecule has 0 amide bonds. The smallest absolute Gasteiger partial charge is 0.437 e. The van der Waals surface area contributed by atoms with Crippen LogP contribution in [0.5, 0.6) is 5.75 Å². The van der Waals surface area contributed by atoms with E-state index < -0.39 is 29.5 Å². The van der Waals surface area contributed by atoms with Crippen LogP contribution in [-0.2, 0) is 10.9 Å². The van der Waals surface area contributed by atoms with Crippen molar-refractivity contribution >= 4 is 6.16 Å². The summed E-state index contributed by atoms with van der Waals surface area (Å²) in [5.74, 6) is -1.92. The number of rotatable bonds is 1. The van der Waals surface area contributed by atoms with Crippen molar-refractivity contribution < 1.29 is 31.8 Å². The molecule has 0 aromatic heterocycles. The summed E-state index contributed by atoms with van der Waals surface area (Å²) in [6.07, 6.45) is -5.93. The van der Waals surface area contributed by atoms with Crippen molar-refractivity contribution in [3.63, 3.8) is 0 Å². The molecule has 3 nitrogen and oxygen atoms in total. The van der Waals surface area contributed by atoms with Crippen molar-refractivity contribution in [1.29, 1.82) is 0 Å². The zero-order chi connectivity index (χ0) is 12.3. The highest BCUT2D eigenvalue weighted by molar-refractivity contribution is 5.63. The molecular formula is C9H6F4O3. The van der Waals surface area contributed by atoms with Gasteiger partial charge in [0.25, 0.3) is 0 Å². The van der Waals surface area contributed by atoms with Gasteiger partial charge in [0.15, 0.2) is 11.6 Å². The number of halogens is 4. The lowest BCUT2D eigenvalue weighted by Gasteiger charge is -2.09. The number of benzene rings is 1. The highest BCUT2D eigenvalue weighted by Crippen LogP contribution is 2.32. The fourth-order valence-corrected chi connectivity index (χ4v) is 0.889. The maximum Gasteiger partial charge on any atom is 0.513 e. The molecule has 0 N–H and O–H groups in total. The summed E-state index contributed by atoms with van der Waals surface area (Å²) in [5, 5.41) is 0. The van der Waals surface area contributed by atoms with Crippen LogP contribution in [0.2, 0.25) is 0 Å². The van der Waals surface area contributed by atoms with Gasteiger partial charge in [-0.15, -0.1) is 0 Å². The zero-order valence-electron chi connectivity index (χ0n) is 7.97. The van der Waals surface area contributed by atoms with E-state index >= 15 is 0 Å². The van der Waals surface area contributed by atoms with Crippen LogP contribution in [0.4, 0.5) is 22.4 Å². The molecule has 1 rings (SSSR count). The number of hydrogen-bond donors (Lipinski definition) is 0. The number of carbonyl (C=O) groups excluding carboxylic acids is 1. The van der Waals surface area contributed by atoms with E-state index in [0.717, 1.165) is 7.11 Å². The van der Waals surface area contributed by atoms with Crippen LogP contribution in [0.25, 0.3) is 0 Å². The summed E-state index contributed by atoms with van der Waals surface area (Å²) in [5.41, 5.74) is -1.12. The van der Waals surface area contributed by atoms with Crippen molar-refractivity contribution in [3.05, 3.63) is 29.6 Å². The molecule has 0 unspecified atom stereocenters. The van der Waals surface area contributed by atoms with E-state index in [1.807, 2.05) is 0 Å². The van der Waals surface area contributed by atoms with Gasteiger partial charge in [-0.3, -0.25) is 0 Å². The van der Waals surface area contributed by atoms with Crippen molar-refractivity contribution in [2.75, 3.05) is 7.11 Å². The van der Waals surface area contributed by atoms with E-state index in [2.05, 4.69) is 9.47 Å². The van der Waals surface area contributed by atoms with Gasteiger partial charge < -0.3 is 9.47 Å². The minimum absolute atomic E-state index is 0.381. The van der Waals surface area contributed by atoms with Crippen LogP contribution in [0.1, 0.15) is 5.56 Å². The topological polar surface area (TPSA) is 35.5 Å². The Morgan fingerprint density at radius 1 is 1.31 bits per heavy atom. The predicted octanol–water partition coefficient (Wildman–Crippen LogP) is 2.99. The van der Waals surface area contributed by atoms with E-state index in [9.17, 15) is 22.4 Å². The molecule has 0 aliphatic heterocycles. The second-order valence-corrected chi connectivity index (χ2v) is 2.70. The Balaban J connectivity index is 3.04. The molecule has 0 fully saturated rings. The lowest BCUT2D eigenvalue weighted by molar-refractivity contribution is -0.137. The van der Waals surface area contributed by atoms with Gasteiger partial charge in [-0.25, -0.2) is 9.18 Å². The van der Waals surface area contributed by atoms with Gasteiger partial charge in [0, 0.05) is 0 Å². The molecule has 0 radical (unpaired) electrons. The van der Waals surface area contributed by atoms with E-state index in [4.69, 9.17) is 0 Å². The molecule has 0 heterocycles. The Labute approximate surface area is 87.6 Å². The molecule has 0 saturated carbocycles. The van der Waals surface area contributed by atoms with Crippen molar-refractivity contribution in [1.82, 2.24) is 0 Å². The number of carbonyl (C=O) groups is 1. The van der Waals surface area contributed by atoms with Crippen molar-refractivity contribution in [2.45, 2.75) is 6.18 Å². The second-order valence-electron chi connectivity index (χ2n) is 2.70.